The van der Waals surface area contributed by atoms with Crippen molar-refractivity contribution in [2.75, 3.05) is 12.5 Å². The average molecular weight is 1970 g/mol. The normalized spacial score (nSPS) is 16.1. The van der Waals surface area contributed by atoms with E-state index in [4.69, 9.17) is 29.9 Å². The number of nitrogens with one attached hydrogen (secondary N) is 3. The smallest absolute Gasteiger partial charge is 0.285 e. The Morgan fingerprint density at radius 1 is 0.419 bits per heavy atom. The summed E-state index contributed by atoms with van der Waals surface area (Å²) in [6.45, 7) is 41.7. The molecule has 10 N–H and O–H groups in total. The Bertz CT molecular complexity index is 5480. The van der Waals surface area contributed by atoms with Gasteiger partial charge in [0, 0.05) is 25.8 Å². The van der Waals surface area contributed by atoms with E-state index in [1.54, 1.807) is 146 Å². The van der Waals surface area contributed by atoms with Crippen LogP contribution >= 0.6 is 23.1 Å². The van der Waals surface area contributed by atoms with Gasteiger partial charge >= 0.3 is 0 Å². The predicted molar refractivity (Wildman–Crippen MR) is 528 cm³/mol. The topological polar surface area (TPSA) is 410 Å². The average Bonchev–Trinajstić information content (AvgIpc) is 1.64. The summed E-state index contributed by atoms with van der Waals surface area (Å²) in [6.07, 6.45) is -0.466. The van der Waals surface area contributed by atoms with Crippen LogP contribution in [0.5, 0.6) is 0 Å². The van der Waals surface area contributed by atoms with E-state index in [0.717, 1.165) is 53.8 Å². The zero-order valence-electron chi connectivity index (χ0n) is 78.2. The zero-order valence-corrected chi connectivity index (χ0v) is 86.3. The van der Waals surface area contributed by atoms with Crippen LogP contribution in [0.3, 0.4) is 0 Å². The molecular weight excluding hydrogens is 1840 g/mol. The van der Waals surface area contributed by atoms with Gasteiger partial charge in [-0.15, -0.1) is 16.6 Å². The summed E-state index contributed by atoms with van der Waals surface area (Å²) in [4.78, 5) is 1.26. The molecule has 0 amide bonds. The summed E-state index contributed by atoms with van der Waals surface area (Å²) < 4.78 is 179. The Morgan fingerprint density at radius 3 is 0.938 bits per heavy atom. The summed E-state index contributed by atoms with van der Waals surface area (Å²) in [5, 5.41) is 33.8. The van der Waals surface area contributed by atoms with Gasteiger partial charge in [-0.25, -0.2) is 56.3 Å². The van der Waals surface area contributed by atoms with Gasteiger partial charge in [0.1, 0.15) is 42.2 Å². The third kappa shape index (κ3) is 36.1. The molecule has 0 spiro atoms. The molecule has 13 atom stereocenters. The van der Waals surface area contributed by atoms with E-state index < -0.39 is 138 Å². The van der Waals surface area contributed by atoms with E-state index in [9.17, 15) is 66.0 Å². The number of hydrogen-bond acceptors (Lipinski definition) is 20. The third-order valence-electron chi connectivity index (χ3n) is 19.3. The molecule has 129 heavy (non-hydrogen) atoms. The molecule has 1 aliphatic rings. The number of aliphatic hydroxyl groups excluding tert-OH is 3. The lowest BCUT2D eigenvalue weighted by atomic mass is 10.0. The molecule has 3 unspecified atom stereocenters. The van der Waals surface area contributed by atoms with Gasteiger partial charge in [-0.3, -0.25) is 0 Å². The standard InChI is InChI=1S/C19H25NO4S2.2C18H23NO3S.C17H19NO4S2.C9H11ClO2S.C9H13NO.2C2H6.CH5NOS.ClH/c1-13-11-14(2)19(15(3)12-13)26(22,23)20-18(16(4)24-25(5)21)17-9-7-6-8-10-17;2*1-12-10-13(2)18(14(3)11-12)23(21,22)19-17(15(4)20)16-8-6-5-7-9-16;1-12-8-7-9-13(2)17(12)24(20,21)18-16(14(3)22-23(18)19)15-10-5-4-6-11-15;1-6-4-7(2)9(8(3)5-6)13(10,11)12;1-7(11)9(10)8-5-3-2-4-6-8;2*1-2;1-4(2)3;/h6-12,16,18,20H,1-5H3;2*5-11,15,17,19-20H,1-4H3;4-11,14,16H,1-3H3;4-5H,1-3H3;2-7,9,11H,10H2,1H3;2*1-2H3;2H2,1H3;1H/t16-,18-,25?;2*15-,17-;14-,16-,23?;;7-,9-;;;;/m1111.1..../s1. The van der Waals surface area contributed by atoms with Crippen LogP contribution in [0, 0.1) is 96.9 Å². The fourth-order valence-electron chi connectivity index (χ4n) is 14.6. The molecule has 11 rings (SSSR count). The van der Waals surface area contributed by atoms with Crippen molar-refractivity contribution < 1.29 is 79.4 Å². The predicted octanol–water partition coefficient (Wildman–Crippen LogP) is 17.7. The van der Waals surface area contributed by atoms with Crippen molar-refractivity contribution >= 4 is 107 Å². The van der Waals surface area contributed by atoms with E-state index in [2.05, 4.69) is 19.3 Å². The van der Waals surface area contributed by atoms with Gasteiger partial charge in [-0.2, -0.15) is 9.32 Å². The van der Waals surface area contributed by atoms with Gasteiger partial charge in [0.2, 0.25) is 41.7 Å². The van der Waals surface area contributed by atoms with Crippen LogP contribution in [0.25, 0.3) is 0 Å². The SMILES string of the molecule is CC.CC.C[C@@H](O)[C@@H](N)c1ccccc1.C[S+](N)[O-].Cc1cc(C)c(S(=O)(=O)Cl)c(C)c1.Cc1cc(C)c(S(=O)(=O)N[C@@H](c2ccccc2)[C@@H](C)O)c(C)c1.Cc1cc(C)c(S(=O)(=O)N[C@@H](c2ccccc2)[C@@H](C)O)c(C)c1.Cc1cc(C)c(S(=O)(=O)N[C@@H](c2ccccc2)[C@@H](C)O[S+](C)[O-])c(C)c1.Cc1cccc(C)c1S(=O)(=O)N1[C@@H](c2ccccc2)[C@@H](C)O[S+]1[O-].Cl. The lowest BCUT2D eigenvalue weighted by Gasteiger charge is -2.25. The number of hydrogen-bond donors (Lipinski definition) is 8. The second-order valence-corrected chi connectivity index (χ2v) is 43.0. The summed E-state index contributed by atoms with van der Waals surface area (Å²) >= 11 is -4.68. The number of nitrogens with zero attached hydrogens (tertiary/aromatic N) is 1. The highest BCUT2D eigenvalue weighted by molar-refractivity contribution is 8.13. The Morgan fingerprint density at radius 2 is 0.674 bits per heavy atom. The van der Waals surface area contributed by atoms with Crippen molar-refractivity contribution in [2.45, 2.75) is 244 Å². The Labute approximate surface area is 789 Å². The van der Waals surface area contributed by atoms with Gasteiger partial charge in [0.05, 0.1) is 67.0 Å². The Balaban J connectivity index is 0.000000523. The number of nitrogens with two attached hydrogens (primary N) is 2. The second-order valence-electron chi connectivity index (χ2n) is 30.6. The molecular formula is C95H132Cl2N6O18S8. The van der Waals surface area contributed by atoms with Gasteiger partial charge in [0.15, 0.2) is 0 Å². The van der Waals surface area contributed by atoms with Crippen LogP contribution < -0.4 is 25.0 Å². The molecule has 10 aromatic rings. The fourth-order valence-corrected chi connectivity index (χ4v) is 25.6. The second kappa shape index (κ2) is 55.0. The lowest BCUT2D eigenvalue weighted by molar-refractivity contribution is 0.156. The minimum absolute atomic E-state index is 0. The molecule has 1 heterocycles. The van der Waals surface area contributed by atoms with Crippen molar-refractivity contribution in [3.05, 3.63) is 324 Å². The quantitative estimate of drug-likeness (QED) is 0.0218. The molecule has 712 valence electrons. The minimum atomic E-state index is -3.97. The maximum absolute atomic E-state index is 13.3. The molecule has 1 saturated heterocycles. The molecule has 0 aliphatic carbocycles. The molecule has 0 saturated carbocycles. The number of sulfonamides is 4. The van der Waals surface area contributed by atoms with Crippen LogP contribution in [-0.2, 0) is 92.0 Å². The van der Waals surface area contributed by atoms with E-state index in [1.807, 2.05) is 231 Å². The van der Waals surface area contributed by atoms with Crippen LogP contribution in [0.15, 0.2) is 243 Å². The largest absolute Gasteiger partial charge is 0.599 e. The first-order chi connectivity index (χ1) is 59.7. The van der Waals surface area contributed by atoms with Crippen molar-refractivity contribution in [3.63, 3.8) is 0 Å². The molecule has 0 aromatic heterocycles. The summed E-state index contributed by atoms with van der Waals surface area (Å²) in [5.41, 5.74) is 20.6. The van der Waals surface area contributed by atoms with Crippen molar-refractivity contribution in [2.24, 2.45) is 10.9 Å². The zero-order chi connectivity index (χ0) is 97.4. The van der Waals surface area contributed by atoms with E-state index in [0.29, 0.717) is 55.6 Å². The van der Waals surface area contributed by atoms with Crippen LogP contribution in [0.4, 0.5) is 0 Å². The van der Waals surface area contributed by atoms with Gasteiger partial charge < -0.3 is 34.7 Å². The molecule has 34 heteroatoms. The number of aliphatic hydroxyl groups is 3. The van der Waals surface area contributed by atoms with Crippen LogP contribution in [0.1, 0.15) is 198 Å². The van der Waals surface area contributed by atoms with Crippen molar-refractivity contribution in [1.82, 2.24) is 17.9 Å². The molecule has 0 bridgehead atoms. The van der Waals surface area contributed by atoms with Crippen LogP contribution in [-0.4, -0.2) is 118 Å². The Hall–Kier alpha value is -6.98. The van der Waals surface area contributed by atoms with E-state index >= 15 is 0 Å². The van der Waals surface area contributed by atoms with Crippen LogP contribution in [0.2, 0.25) is 0 Å². The molecule has 24 nitrogen and oxygen atoms in total. The summed E-state index contributed by atoms with van der Waals surface area (Å²) in [7, 11) is -13.6. The molecule has 0 radical (unpaired) electrons. The summed E-state index contributed by atoms with van der Waals surface area (Å²) in [6, 6.07) is 63.1. The van der Waals surface area contributed by atoms with E-state index in [-0.39, 0.29) is 42.9 Å². The van der Waals surface area contributed by atoms with Gasteiger partial charge in [0.25, 0.3) is 19.1 Å². The highest BCUT2D eigenvalue weighted by Crippen LogP contribution is 2.43. The van der Waals surface area contributed by atoms with Crippen molar-refractivity contribution in [1.29, 1.82) is 0 Å². The first-order valence-corrected chi connectivity index (χ1v) is 53.7. The van der Waals surface area contributed by atoms with Gasteiger partial charge in [-0.1, -0.05) is 268 Å². The van der Waals surface area contributed by atoms with E-state index in [1.165, 1.54) is 12.5 Å². The first-order valence-electron chi connectivity index (χ1n) is 41.3. The number of halogens is 2. The fraction of sp³-hybridized carbons (Fsp3) is 0.368. The molecule has 1 fully saturated rings. The lowest BCUT2D eigenvalue weighted by Crippen LogP contribution is -2.37. The maximum Gasteiger partial charge on any atom is 0.285 e. The summed E-state index contributed by atoms with van der Waals surface area (Å²) in [5.74, 6) is 0. The molecule has 10 aromatic carbocycles. The van der Waals surface area contributed by atoms with Gasteiger partial charge in [-0.05, 0) is 215 Å². The Kier molecular flexibility index (Phi) is 50.4. The minimum Gasteiger partial charge on any atom is -0.599 e. The highest BCUT2D eigenvalue weighted by Gasteiger charge is 2.54. The third-order valence-corrected chi connectivity index (χ3v) is 30.5. The highest BCUT2D eigenvalue weighted by atomic mass is 35.7. The number of rotatable bonds is 23. The first kappa shape index (κ1) is 118. The molecule has 1 aliphatic heterocycles. The van der Waals surface area contributed by atoms with Crippen molar-refractivity contribution in [3.8, 4) is 0 Å². The monoisotopic (exact) mass is 1970 g/mol. The maximum atomic E-state index is 13.3. The number of aryl methyl sites for hydroxylation is 14. The number of benzene rings is 10.